The number of carbonyl (C=O) groups excluding carboxylic acids is 1. The van der Waals surface area contributed by atoms with Crippen LogP contribution in [0.15, 0.2) is 18.3 Å². The van der Waals surface area contributed by atoms with Crippen LogP contribution >= 0.6 is 11.3 Å². The van der Waals surface area contributed by atoms with Crippen LogP contribution in [0, 0.1) is 6.92 Å². The molecule has 6 nitrogen and oxygen atoms in total. The summed E-state index contributed by atoms with van der Waals surface area (Å²) in [5, 5.41) is 0. The smallest absolute Gasteiger partial charge is 0.241 e. The van der Waals surface area contributed by atoms with Gasteiger partial charge in [-0.05, 0) is 25.5 Å². The highest BCUT2D eigenvalue weighted by Crippen LogP contribution is 2.30. The zero-order chi connectivity index (χ0) is 16.7. The molecule has 2 atom stereocenters. The lowest BCUT2D eigenvalue weighted by molar-refractivity contribution is -0.133. The Balaban J connectivity index is 1.42. The quantitative estimate of drug-likeness (QED) is 0.890. The summed E-state index contributed by atoms with van der Waals surface area (Å²) in [6.07, 6.45) is 3.46. The van der Waals surface area contributed by atoms with E-state index in [2.05, 4.69) is 39.9 Å². The molecule has 2 aliphatic heterocycles. The van der Waals surface area contributed by atoms with Crippen LogP contribution in [-0.2, 0) is 24.3 Å². The molecule has 4 heterocycles. The number of nitrogens with zero attached hydrogens (tertiary/aromatic N) is 3. The second-order valence-corrected chi connectivity index (χ2v) is 7.70. The maximum atomic E-state index is 12.8. The fraction of sp³-hybridized carbons (Fsp3) is 0.471. The van der Waals surface area contributed by atoms with Crippen LogP contribution < -0.4 is 10.9 Å². The minimum atomic E-state index is -0.190. The molecule has 7 heteroatoms. The highest BCUT2D eigenvalue weighted by Gasteiger charge is 2.35. The number of hydrazine groups is 1. The molecule has 0 spiro atoms. The highest BCUT2D eigenvalue weighted by molar-refractivity contribution is 7.12. The average molecular weight is 343 g/mol. The van der Waals surface area contributed by atoms with Crippen molar-refractivity contribution in [3.63, 3.8) is 0 Å². The SMILES string of the molecule is CCc1ncc2c(n1)CN(C(=O)C1CC(c3ccc(C)s3)NN1)C2. The van der Waals surface area contributed by atoms with Crippen molar-refractivity contribution in [1.29, 1.82) is 0 Å². The molecule has 1 amide bonds. The Hall–Kier alpha value is -1.83. The van der Waals surface area contributed by atoms with E-state index >= 15 is 0 Å². The molecular weight excluding hydrogens is 322 g/mol. The largest absolute Gasteiger partial charge is 0.331 e. The molecule has 1 fully saturated rings. The predicted octanol–water partition coefficient (Wildman–Crippen LogP) is 1.86. The van der Waals surface area contributed by atoms with Gasteiger partial charge in [0.25, 0.3) is 0 Å². The van der Waals surface area contributed by atoms with Crippen molar-refractivity contribution in [2.75, 3.05) is 0 Å². The van der Waals surface area contributed by atoms with Crippen LogP contribution in [0.2, 0.25) is 0 Å². The summed E-state index contributed by atoms with van der Waals surface area (Å²) in [5.74, 6) is 0.978. The van der Waals surface area contributed by atoms with Crippen LogP contribution in [0.4, 0.5) is 0 Å². The Kier molecular flexibility index (Phi) is 4.07. The summed E-state index contributed by atoms with van der Waals surface area (Å²) in [4.78, 5) is 26.2. The summed E-state index contributed by atoms with van der Waals surface area (Å²) in [5.41, 5.74) is 8.49. The Morgan fingerprint density at radius 1 is 1.38 bits per heavy atom. The van der Waals surface area contributed by atoms with Crippen LogP contribution in [0.25, 0.3) is 0 Å². The van der Waals surface area contributed by atoms with E-state index in [0.717, 1.165) is 29.9 Å². The lowest BCUT2D eigenvalue weighted by Crippen LogP contribution is -2.43. The standard InChI is InChI=1S/C17H21N5OS/c1-3-16-18-7-11-8-22(9-14(11)19-16)17(23)13-6-12(20-21-13)15-5-4-10(2)24-15/h4-5,7,12-13,20-21H,3,6,8-9H2,1-2H3. The Morgan fingerprint density at radius 2 is 2.25 bits per heavy atom. The number of aryl methyl sites for hydroxylation is 2. The van der Waals surface area contributed by atoms with E-state index < -0.39 is 0 Å². The number of rotatable bonds is 3. The first-order valence-electron chi connectivity index (χ1n) is 8.34. The molecular formula is C17H21N5OS. The number of nitrogens with one attached hydrogen (secondary N) is 2. The van der Waals surface area contributed by atoms with Crippen molar-refractivity contribution in [3.8, 4) is 0 Å². The second kappa shape index (κ2) is 6.23. The van der Waals surface area contributed by atoms with Gasteiger partial charge in [-0.15, -0.1) is 11.3 Å². The molecule has 0 saturated carbocycles. The van der Waals surface area contributed by atoms with Crippen molar-refractivity contribution in [2.24, 2.45) is 0 Å². The first kappa shape index (κ1) is 15.7. The van der Waals surface area contributed by atoms with E-state index in [1.54, 1.807) is 11.3 Å². The van der Waals surface area contributed by atoms with Gasteiger partial charge < -0.3 is 4.90 Å². The number of carbonyl (C=O) groups is 1. The first-order valence-corrected chi connectivity index (χ1v) is 9.15. The molecule has 2 N–H and O–H groups in total. The summed E-state index contributed by atoms with van der Waals surface area (Å²) >= 11 is 1.78. The van der Waals surface area contributed by atoms with Gasteiger partial charge in [0.2, 0.25) is 5.91 Å². The van der Waals surface area contributed by atoms with Crippen LogP contribution in [0.1, 0.15) is 46.2 Å². The third-order valence-electron chi connectivity index (χ3n) is 4.64. The molecule has 2 aromatic rings. The summed E-state index contributed by atoms with van der Waals surface area (Å²) in [6.45, 7) is 5.34. The van der Waals surface area contributed by atoms with E-state index in [4.69, 9.17) is 0 Å². The van der Waals surface area contributed by atoms with Crippen molar-refractivity contribution < 1.29 is 4.79 Å². The third-order valence-corrected chi connectivity index (χ3v) is 5.75. The molecule has 2 unspecified atom stereocenters. The van der Waals surface area contributed by atoms with E-state index in [9.17, 15) is 4.79 Å². The topological polar surface area (TPSA) is 70.2 Å². The minimum Gasteiger partial charge on any atom is -0.331 e. The molecule has 2 aromatic heterocycles. The van der Waals surface area contributed by atoms with E-state index in [1.807, 2.05) is 18.0 Å². The molecule has 0 aliphatic carbocycles. The zero-order valence-corrected chi connectivity index (χ0v) is 14.7. The fourth-order valence-electron chi connectivity index (χ4n) is 3.29. The first-order chi connectivity index (χ1) is 11.6. The molecule has 126 valence electrons. The number of hydrogen-bond donors (Lipinski definition) is 2. The van der Waals surface area contributed by atoms with Crippen LogP contribution in [-0.4, -0.2) is 26.8 Å². The predicted molar refractivity (Wildman–Crippen MR) is 92.1 cm³/mol. The lowest BCUT2D eigenvalue weighted by Gasteiger charge is -2.19. The van der Waals surface area contributed by atoms with Gasteiger partial charge in [-0.2, -0.15) is 0 Å². The van der Waals surface area contributed by atoms with Gasteiger partial charge in [0.05, 0.1) is 18.3 Å². The van der Waals surface area contributed by atoms with E-state index in [1.165, 1.54) is 9.75 Å². The van der Waals surface area contributed by atoms with Gasteiger partial charge >= 0.3 is 0 Å². The minimum absolute atomic E-state index is 0.134. The lowest BCUT2D eigenvalue weighted by atomic mass is 10.1. The van der Waals surface area contributed by atoms with E-state index in [-0.39, 0.29) is 18.0 Å². The summed E-state index contributed by atoms with van der Waals surface area (Å²) in [6, 6.07) is 4.27. The summed E-state index contributed by atoms with van der Waals surface area (Å²) in [7, 11) is 0. The molecule has 4 rings (SSSR count). The maximum absolute atomic E-state index is 12.8. The fourth-order valence-corrected chi connectivity index (χ4v) is 4.23. The number of hydrogen-bond acceptors (Lipinski definition) is 6. The monoisotopic (exact) mass is 343 g/mol. The van der Waals surface area contributed by atoms with Crippen molar-refractivity contribution in [3.05, 3.63) is 45.2 Å². The van der Waals surface area contributed by atoms with Crippen molar-refractivity contribution in [2.45, 2.75) is 51.9 Å². The third kappa shape index (κ3) is 2.83. The van der Waals surface area contributed by atoms with E-state index in [0.29, 0.717) is 13.1 Å². The van der Waals surface area contributed by atoms with Gasteiger partial charge in [0, 0.05) is 34.5 Å². The van der Waals surface area contributed by atoms with Crippen LogP contribution in [0.5, 0.6) is 0 Å². The Labute approximate surface area is 145 Å². The number of aromatic nitrogens is 2. The van der Waals surface area contributed by atoms with Crippen LogP contribution in [0.3, 0.4) is 0 Å². The second-order valence-electron chi connectivity index (χ2n) is 6.38. The van der Waals surface area contributed by atoms with Gasteiger partial charge in [-0.3, -0.25) is 4.79 Å². The zero-order valence-electron chi connectivity index (χ0n) is 13.9. The molecule has 1 saturated heterocycles. The molecule has 2 aliphatic rings. The Morgan fingerprint density at radius 3 is 3.00 bits per heavy atom. The van der Waals surface area contributed by atoms with Crippen molar-refractivity contribution in [1.82, 2.24) is 25.7 Å². The van der Waals surface area contributed by atoms with Crippen molar-refractivity contribution >= 4 is 17.2 Å². The molecule has 0 radical (unpaired) electrons. The molecule has 0 aromatic carbocycles. The normalized spacial score (nSPS) is 22.8. The maximum Gasteiger partial charge on any atom is 0.241 e. The number of fused-ring (bicyclic) bond motifs is 1. The molecule has 0 bridgehead atoms. The number of thiophene rings is 1. The highest BCUT2D eigenvalue weighted by atomic mass is 32.1. The Bertz CT molecular complexity index is 774. The van der Waals surface area contributed by atoms with Gasteiger partial charge in [0.1, 0.15) is 11.9 Å². The number of amides is 1. The molecule has 24 heavy (non-hydrogen) atoms. The van der Waals surface area contributed by atoms with Gasteiger partial charge in [-0.1, -0.05) is 6.92 Å². The average Bonchev–Trinajstić information content (AvgIpc) is 3.31. The van der Waals surface area contributed by atoms with Gasteiger partial charge in [-0.25, -0.2) is 20.8 Å². The van der Waals surface area contributed by atoms with Gasteiger partial charge in [0.15, 0.2) is 0 Å². The summed E-state index contributed by atoms with van der Waals surface area (Å²) < 4.78 is 0.